The van der Waals surface area contributed by atoms with E-state index >= 15 is 0 Å². The Hall–Kier alpha value is -0.650. The number of piperazine rings is 1. The number of ether oxygens (including phenoxy) is 2. The molecule has 0 saturated carbocycles. The fourth-order valence-corrected chi connectivity index (χ4v) is 2.10. The van der Waals surface area contributed by atoms with Crippen LogP contribution in [0, 0.1) is 5.92 Å². The van der Waals surface area contributed by atoms with Gasteiger partial charge in [0.2, 0.25) is 0 Å². The van der Waals surface area contributed by atoms with Gasteiger partial charge in [0, 0.05) is 45.9 Å². The minimum absolute atomic E-state index is 0.121. The predicted molar refractivity (Wildman–Crippen MR) is 75.2 cm³/mol. The van der Waals surface area contributed by atoms with E-state index in [2.05, 4.69) is 28.4 Å². The molecular formula is C14H28N2O3. The lowest BCUT2D eigenvalue weighted by Gasteiger charge is -2.34. The molecule has 0 aromatic heterocycles. The van der Waals surface area contributed by atoms with Gasteiger partial charge < -0.3 is 14.4 Å². The van der Waals surface area contributed by atoms with Gasteiger partial charge >= 0.3 is 5.97 Å². The molecule has 0 N–H and O–H groups in total. The summed E-state index contributed by atoms with van der Waals surface area (Å²) in [5, 5.41) is 0. The number of methoxy groups -OCH3 is 1. The molecule has 1 heterocycles. The minimum atomic E-state index is -0.121. The van der Waals surface area contributed by atoms with Crippen molar-refractivity contribution in [3.05, 3.63) is 0 Å². The van der Waals surface area contributed by atoms with Crippen molar-refractivity contribution in [2.45, 2.75) is 20.3 Å². The Kier molecular flexibility index (Phi) is 8.02. The van der Waals surface area contributed by atoms with E-state index in [1.807, 2.05) is 0 Å². The molecule has 1 aliphatic heterocycles. The summed E-state index contributed by atoms with van der Waals surface area (Å²) < 4.78 is 10.3. The third-order valence-electron chi connectivity index (χ3n) is 3.33. The zero-order valence-electron chi connectivity index (χ0n) is 12.6. The van der Waals surface area contributed by atoms with Crippen molar-refractivity contribution in [2.24, 2.45) is 5.92 Å². The molecule has 0 atom stereocenters. The third kappa shape index (κ3) is 7.50. The van der Waals surface area contributed by atoms with Gasteiger partial charge in [0.1, 0.15) is 0 Å². The number of carbonyl (C=O) groups is 1. The number of esters is 1. The van der Waals surface area contributed by atoms with Crippen LogP contribution in [0.25, 0.3) is 0 Å². The SMILES string of the molecule is COC(=O)CCN1CCN(CCOCC(C)C)CC1. The Balaban J connectivity index is 2.03. The normalized spacial score (nSPS) is 17.9. The predicted octanol–water partition coefficient (Wildman–Crippen LogP) is 0.840. The van der Waals surface area contributed by atoms with E-state index in [9.17, 15) is 4.79 Å². The summed E-state index contributed by atoms with van der Waals surface area (Å²) >= 11 is 0. The molecule has 0 spiro atoms. The van der Waals surface area contributed by atoms with E-state index in [1.54, 1.807) is 0 Å². The van der Waals surface area contributed by atoms with E-state index in [0.29, 0.717) is 12.3 Å². The van der Waals surface area contributed by atoms with Crippen LogP contribution in [0.1, 0.15) is 20.3 Å². The first kappa shape index (κ1) is 16.4. The highest BCUT2D eigenvalue weighted by Crippen LogP contribution is 2.03. The molecule has 5 heteroatoms. The Labute approximate surface area is 116 Å². The monoisotopic (exact) mass is 272 g/mol. The maximum atomic E-state index is 11.1. The molecule has 0 aromatic rings. The van der Waals surface area contributed by atoms with Crippen molar-refractivity contribution in [1.82, 2.24) is 9.80 Å². The van der Waals surface area contributed by atoms with Crippen LogP contribution in [0.4, 0.5) is 0 Å². The second-order valence-corrected chi connectivity index (χ2v) is 5.48. The molecule has 0 aliphatic carbocycles. The third-order valence-corrected chi connectivity index (χ3v) is 3.33. The largest absolute Gasteiger partial charge is 0.469 e. The maximum Gasteiger partial charge on any atom is 0.306 e. The number of nitrogens with zero attached hydrogens (tertiary/aromatic N) is 2. The molecule has 0 bridgehead atoms. The van der Waals surface area contributed by atoms with Gasteiger partial charge in [-0.3, -0.25) is 9.69 Å². The highest BCUT2D eigenvalue weighted by molar-refractivity contribution is 5.69. The molecule has 0 amide bonds. The summed E-state index contributed by atoms with van der Waals surface area (Å²) in [4.78, 5) is 15.8. The quantitative estimate of drug-likeness (QED) is 0.484. The van der Waals surface area contributed by atoms with E-state index in [-0.39, 0.29) is 5.97 Å². The van der Waals surface area contributed by atoms with Gasteiger partial charge in [-0.15, -0.1) is 0 Å². The van der Waals surface area contributed by atoms with E-state index < -0.39 is 0 Å². The first-order valence-corrected chi connectivity index (χ1v) is 7.21. The summed E-state index contributed by atoms with van der Waals surface area (Å²) in [5.41, 5.74) is 0. The molecule has 0 unspecified atom stereocenters. The number of rotatable bonds is 8. The summed E-state index contributed by atoms with van der Waals surface area (Å²) in [6.45, 7) is 12.0. The highest BCUT2D eigenvalue weighted by atomic mass is 16.5. The van der Waals surface area contributed by atoms with Gasteiger partial charge in [0.15, 0.2) is 0 Å². The molecule has 0 radical (unpaired) electrons. The van der Waals surface area contributed by atoms with E-state index in [0.717, 1.165) is 52.5 Å². The standard InChI is InChI=1S/C14H28N2O3/c1-13(2)12-19-11-10-16-8-6-15(7-9-16)5-4-14(17)18-3/h13H,4-12H2,1-3H3. The lowest BCUT2D eigenvalue weighted by atomic mass is 10.2. The van der Waals surface area contributed by atoms with Crippen molar-refractivity contribution >= 4 is 5.97 Å². The molecule has 1 saturated heterocycles. The van der Waals surface area contributed by atoms with Gasteiger partial charge in [-0.2, -0.15) is 0 Å². The van der Waals surface area contributed by atoms with Crippen LogP contribution < -0.4 is 0 Å². The van der Waals surface area contributed by atoms with Crippen LogP contribution in [0.2, 0.25) is 0 Å². The first-order valence-electron chi connectivity index (χ1n) is 7.21. The van der Waals surface area contributed by atoms with Crippen molar-refractivity contribution in [3.8, 4) is 0 Å². The van der Waals surface area contributed by atoms with Crippen molar-refractivity contribution in [3.63, 3.8) is 0 Å². The summed E-state index contributed by atoms with van der Waals surface area (Å²) in [7, 11) is 1.44. The second kappa shape index (κ2) is 9.28. The molecular weight excluding hydrogens is 244 g/mol. The van der Waals surface area contributed by atoms with Crippen LogP contribution in [-0.4, -0.2) is 75.4 Å². The molecule has 1 rings (SSSR count). The Morgan fingerprint density at radius 3 is 2.21 bits per heavy atom. The first-order chi connectivity index (χ1) is 9.11. The van der Waals surface area contributed by atoms with Gasteiger partial charge in [-0.1, -0.05) is 13.8 Å². The van der Waals surface area contributed by atoms with Gasteiger partial charge in [0.25, 0.3) is 0 Å². The van der Waals surface area contributed by atoms with Crippen LogP contribution in [-0.2, 0) is 14.3 Å². The van der Waals surface area contributed by atoms with Crippen LogP contribution in [0.3, 0.4) is 0 Å². The van der Waals surface area contributed by atoms with Crippen LogP contribution >= 0.6 is 0 Å². The second-order valence-electron chi connectivity index (χ2n) is 5.48. The zero-order chi connectivity index (χ0) is 14.1. The number of hydrogen-bond donors (Lipinski definition) is 0. The maximum absolute atomic E-state index is 11.1. The molecule has 112 valence electrons. The van der Waals surface area contributed by atoms with Gasteiger partial charge in [-0.05, 0) is 5.92 Å². The average molecular weight is 272 g/mol. The van der Waals surface area contributed by atoms with Crippen molar-refractivity contribution in [2.75, 3.05) is 59.6 Å². The fraction of sp³-hybridized carbons (Fsp3) is 0.929. The highest BCUT2D eigenvalue weighted by Gasteiger charge is 2.17. The lowest BCUT2D eigenvalue weighted by Crippen LogP contribution is -2.47. The molecule has 1 aliphatic rings. The fourth-order valence-electron chi connectivity index (χ4n) is 2.10. The van der Waals surface area contributed by atoms with Gasteiger partial charge in [0.05, 0.1) is 20.1 Å². The molecule has 1 fully saturated rings. The Bertz CT molecular complexity index is 251. The van der Waals surface area contributed by atoms with Gasteiger partial charge in [-0.25, -0.2) is 0 Å². The average Bonchev–Trinajstić information content (AvgIpc) is 2.42. The number of carbonyl (C=O) groups excluding carboxylic acids is 1. The zero-order valence-corrected chi connectivity index (χ0v) is 12.6. The number of hydrogen-bond acceptors (Lipinski definition) is 5. The lowest BCUT2D eigenvalue weighted by molar-refractivity contribution is -0.141. The molecule has 5 nitrogen and oxygen atoms in total. The minimum Gasteiger partial charge on any atom is -0.469 e. The summed E-state index contributed by atoms with van der Waals surface area (Å²) in [6.07, 6.45) is 0.494. The van der Waals surface area contributed by atoms with Crippen LogP contribution in [0.15, 0.2) is 0 Å². The summed E-state index contributed by atoms with van der Waals surface area (Å²) in [5.74, 6) is 0.486. The van der Waals surface area contributed by atoms with E-state index in [1.165, 1.54) is 7.11 Å². The molecule has 0 aromatic carbocycles. The van der Waals surface area contributed by atoms with Crippen molar-refractivity contribution < 1.29 is 14.3 Å². The molecule has 19 heavy (non-hydrogen) atoms. The van der Waals surface area contributed by atoms with Crippen LogP contribution in [0.5, 0.6) is 0 Å². The topological polar surface area (TPSA) is 42.0 Å². The van der Waals surface area contributed by atoms with Crippen molar-refractivity contribution in [1.29, 1.82) is 0 Å². The smallest absolute Gasteiger partial charge is 0.306 e. The summed E-state index contributed by atoms with van der Waals surface area (Å²) in [6, 6.07) is 0. The Morgan fingerprint density at radius 2 is 1.68 bits per heavy atom. The Morgan fingerprint density at radius 1 is 1.11 bits per heavy atom. The van der Waals surface area contributed by atoms with E-state index in [4.69, 9.17) is 4.74 Å².